The van der Waals surface area contributed by atoms with Crippen LogP contribution in [0.15, 0.2) is 16.8 Å². The summed E-state index contributed by atoms with van der Waals surface area (Å²) in [6, 6.07) is 2.39. The highest BCUT2D eigenvalue weighted by atomic mass is 32.1. The van der Waals surface area contributed by atoms with Crippen LogP contribution >= 0.6 is 11.3 Å². The number of thiophene rings is 1. The van der Waals surface area contributed by atoms with E-state index < -0.39 is 0 Å². The lowest BCUT2D eigenvalue weighted by molar-refractivity contribution is -0.0119. The smallest absolute Gasteiger partial charge is 0.252 e. The number of rotatable bonds is 2. The van der Waals surface area contributed by atoms with Gasteiger partial charge in [0.25, 0.3) is 5.91 Å². The molecule has 0 spiro atoms. The fraction of sp³-hybridized carbons (Fsp3) is 0.667. The second kappa shape index (κ2) is 4.09. The zero-order valence-electron chi connectivity index (χ0n) is 10.5. The highest BCUT2D eigenvalue weighted by Gasteiger charge is 2.48. The Hall–Kier alpha value is -0.830. The molecule has 3 heteroatoms. The Morgan fingerprint density at radius 2 is 1.78 bits per heavy atom. The van der Waals surface area contributed by atoms with Crippen LogP contribution in [0.2, 0.25) is 0 Å². The van der Waals surface area contributed by atoms with Gasteiger partial charge in [-0.05, 0) is 67.2 Å². The van der Waals surface area contributed by atoms with Crippen LogP contribution in [-0.4, -0.2) is 11.9 Å². The normalized spacial score (nSPS) is 41.0. The first kappa shape index (κ1) is 11.0. The molecule has 1 aromatic heterocycles. The Bertz CT molecular complexity index is 425. The zero-order chi connectivity index (χ0) is 12.1. The SMILES string of the molecule is O=C(NC1C2CC3CC(C2)CC1C3)c1ccsc1. The van der Waals surface area contributed by atoms with Gasteiger partial charge in [0.1, 0.15) is 0 Å². The van der Waals surface area contributed by atoms with Gasteiger partial charge in [0, 0.05) is 17.0 Å². The van der Waals surface area contributed by atoms with Crippen LogP contribution in [0, 0.1) is 23.7 Å². The first-order valence-electron chi connectivity index (χ1n) is 7.12. The Labute approximate surface area is 112 Å². The molecule has 4 fully saturated rings. The lowest BCUT2D eigenvalue weighted by Crippen LogP contribution is -2.55. The van der Waals surface area contributed by atoms with E-state index in [1.807, 2.05) is 16.8 Å². The van der Waals surface area contributed by atoms with Crippen molar-refractivity contribution in [3.05, 3.63) is 22.4 Å². The summed E-state index contributed by atoms with van der Waals surface area (Å²) in [5.41, 5.74) is 0.841. The van der Waals surface area contributed by atoms with E-state index in [1.54, 1.807) is 11.3 Å². The highest BCUT2D eigenvalue weighted by Crippen LogP contribution is 2.53. The molecule has 0 atom stereocenters. The molecule has 4 aliphatic rings. The van der Waals surface area contributed by atoms with Gasteiger partial charge in [-0.2, -0.15) is 11.3 Å². The topological polar surface area (TPSA) is 29.1 Å². The second-order valence-corrected chi connectivity index (χ2v) is 7.22. The number of nitrogens with one attached hydrogen (secondary N) is 1. The van der Waals surface area contributed by atoms with Crippen molar-refractivity contribution < 1.29 is 4.79 Å². The van der Waals surface area contributed by atoms with Crippen LogP contribution in [0.1, 0.15) is 42.5 Å². The van der Waals surface area contributed by atoms with E-state index in [2.05, 4.69) is 5.32 Å². The molecule has 0 aliphatic heterocycles. The minimum absolute atomic E-state index is 0.147. The molecule has 1 N–H and O–H groups in total. The quantitative estimate of drug-likeness (QED) is 0.869. The molecule has 96 valence electrons. The lowest BCUT2D eigenvalue weighted by atomic mass is 9.54. The molecular weight excluding hydrogens is 242 g/mol. The maximum atomic E-state index is 12.2. The summed E-state index contributed by atoms with van der Waals surface area (Å²) < 4.78 is 0. The van der Waals surface area contributed by atoms with Gasteiger partial charge >= 0.3 is 0 Å². The molecule has 0 radical (unpaired) electrons. The summed E-state index contributed by atoms with van der Waals surface area (Å²) in [5, 5.41) is 7.26. The molecule has 4 bridgehead atoms. The first-order chi connectivity index (χ1) is 8.79. The predicted octanol–water partition coefficient (Wildman–Crippen LogP) is 3.30. The van der Waals surface area contributed by atoms with Gasteiger partial charge in [0.05, 0.1) is 0 Å². The van der Waals surface area contributed by atoms with Crippen LogP contribution in [-0.2, 0) is 0 Å². The van der Waals surface area contributed by atoms with E-state index in [9.17, 15) is 4.79 Å². The molecule has 1 heterocycles. The van der Waals surface area contributed by atoms with E-state index in [-0.39, 0.29) is 5.91 Å². The Kier molecular flexibility index (Phi) is 2.51. The number of hydrogen-bond donors (Lipinski definition) is 1. The van der Waals surface area contributed by atoms with Crippen LogP contribution in [0.3, 0.4) is 0 Å². The van der Waals surface area contributed by atoms with Crippen molar-refractivity contribution in [1.29, 1.82) is 0 Å². The standard InChI is InChI=1S/C15H19NOS/c17-15(11-1-2-18-8-11)16-14-12-4-9-3-10(6-12)7-13(14)5-9/h1-2,8-10,12-14H,3-7H2,(H,16,17). The molecule has 2 nitrogen and oxygen atoms in total. The summed E-state index contributed by atoms with van der Waals surface area (Å²) in [4.78, 5) is 12.2. The third-order valence-corrected chi connectivity index (χ3v) is 5.99. The van der Waals surface area contributed by atoms with Crippen molar-refractivity contribution in [2.45, 2.75) is 38.1 Å². The summed E-state index contributed by atoms with van der Waals surface area (Å²) in [6.07, 6.45) is 6.92. The van der Waals surface area contributed by atoms with E-state index in [0.717, 1.165) is 29.2 Å². The van der Waals surface area contributed by atoms with E-state index in [4.69, 9.17) is 0 Å². The lowest BCUT2D eigenvalue weighted by Gasteiger charge is -2.54. The molecule has 0 saturated heterocycles. The minimum atomic E-state index is 0.147. The zero-order valence-corrected chi connectivity index (χ0v) is 11.3. The number of amides is 1. The average molecular weight is 261 g/mol. The van der Waals surface area contributed by atoms with Gasteiger partial charge in [0.2, 0.25) is 0 Å². The molecule has 5 rings (SSSR count). The van der Waals surface area contributed by atoms with Gasteiger partial charge in [-0.25, -0.2) is 0 Å². The third kappa shape index (κ3) is 1.71. The summed E-state index contributed by atoms with van der Waals surface area (Å²) in [6.45, 7) is 0. The maximum absolute atomic E-state index is 12.2. The molecule has 0 aromatic carbocycles. The van der Waals surface area contributed by atoms with E-state index in [1.165, 1.54) is 32.1 Å². The Morgan fingerprint density at radius 1 is 1.11 bits per heavy atom. The van der Waals surface area contributed by atoms with Gasteiger partial charge < -0.3 is 5.32 Å². The third-order valence-electron chi connectivity index (χ3n) is 5.31. The monoisotopic (exact) mass is 261 g/mol. The van der Waals surface area contributed by atoms with Crippen LogP contribution in [0.5, 0.6) is 0 Å². The van der Waals surface area contributed by atoms with Gasteiger partial charge in [0.15, 0.2) is 0 Å². The largest absolute Gasteiger partial charge is 0.349 e. The van der Waals surface area contributed by atoms with Crippen molar-refractivity contribution >= 4 is 17.2 Å². The number of hydrogen-bond acceptors (Lipinski definition) is 2. The van der Waals surface area contributed by atoms with Gasteiger partial charge in [-0.15, -0.1) is 0 Å². The van der Waals surface area contributed by atoms with Crippen LogP contribution in [0.4, 0.5) is 0 Å². The average Bonchev–Trinajstić information content (AvgIpc) is 2.86. The highest BCUT2D eigenvalue weighted by molar-refractivity contribution is 7.08. The molecule has 0 unspecified atom stereocenters. The number of carbonyl (C=O) groups excluding carboxylic acids is 1. The van der Waals surface area contributed by atoms with Crippen molar-refractivity contribution in [1.82, 2.24) is 5.32 Å². The van der Waals surface area contributed by atoms with Crippen molar-refractivity contribution in [3.63, 3.8) is 0 Å². The van der Waals surface area contributed by atoms with Crippen LogP contribution in [0.25, 0.3) is 0 Å². The van der Waals surface area contributed by atoms with Gasteiger partial charge in [-0.1, -0.05) is 0 Å². The fourth-order valence-electron chi connectivity index (χ4n) is 4.79. The molecular formula is C15H19NOS. The Morgan fingerprint density at radius 3 is 2.33 bits per heavy atom. The van der Waals surface area contributed by atoms with Crippen molar-refractivity contribution in [2.75, 3.05) is 0 Å². The van der Waals surface area contributed by atoms with Gasteiger partial charge in [-0.3, -0.25) is 4.79 Å². The Balaban J connectivity index is 1.50. The summed E-state index contributed by atoms with van der Waals surface area (Å²) >= 11 is 1.60. The fourth-order valence-corrected chi connectivity index (χ4v) is 5.43. The van der Waals surface area contributed by atoms with Crippen LogP contribution < -0.4 is 5.32 Å². The molecule has 18 heavy (non-hydrogen) atoms. The van der Waals surface area contributed by atoms with E-state index >= 15 is 0 Å². The van der Waals surface area contributed by atoms with E-state index in [0.29, 0.717) is 6.04 Å². The number of carbonyl (C=O) groups is 1. The summed E-state index contributed by atoms with van der Waals surface area (Å²) in [7, 11) is 0. The molecule has 1 aromatic rings. The maximum Gasteiger partial charge on any atom is 0.252 e. The second-order valence-electron chi connectivity index (χ2n) is 6.44. The minimum Gasteiger partial charge on any atom is -0.349 e. The molecule has 1 amide bonds. The molecule has 4 aliphatic carbocycles. The molecule has 4 saturated carbocycles. The first-order valence-corrected chi connectivity index (χ1v) is 8.07. The van der Waals surface area contributed by atoms with Crippen molar-refractivity contribution in [2.24, 2.45) is 23.7 Å². The summed E-state index contributed by atoms with van der Waals surface area (Å²) in [5.74, 6) is 3.63. The van der Waals surface area contributed by atoms with Crippen molar-refractivity contribution in [3.8, 4) is 0 Å². The predicted molar refractivity (Wildman–Crippen MR) is 72.6 cm³/mol.